The highest BCUT2D eigenvalue weighted by Crippen LogP contribution is 2.58. The Labute approximate surface area is 374 Å². The van der Waals surface area contributed by atoms with Gasteiger partial charge in [-0.05, 0) is 127 Å². The van der Waals surface area contributed by atoms with Crippen LogP contribution in [0.4, 0.5) is 9.59 Å². The number of hydrogen-bond donors (Lipinski definition) is 4. The Bertz CT molecular complexity index is 2580. The van der Waals surface area contributed by atoms with Gasteiger partial charge in [-0.3, -0.25) is 9.59 Å². The molecule has 14 heteroatoms. The van der Waals surface area contributed by atoms with Crippen molar-refractivity contribution in [3.63, 3.8) is 0 Å². The average Bonchev–Trinajstić information content (AvgIpc) is 4.17. The van der Waals surface area contributed by atoms with Gasteiger partial charge >= 0.3 is 12.2 Å². The summed E-state index contributed by atoms with van der Waals surface area (Å²) < 4.78 is 9.58. The van der Waals surface area contributed by atoms with E-state index in [0.717, 1.165) is 65.2 Å². The molecule has 4 heterocycles. The highest BCUT2D eigenvalue weighted by Gasteiger charge is 2.43. The van der Waals surface area contributed by atoms with E-state index in [1.54, 1.807) is 6.92 Å². The topological polar surface area (TPSA) is 175 Å². The molecule has 3 fully saturated rings. The number of fused-ring (bicyclic) bond motifs is 6. The van der Waals surface area contributed by atoms with Crippen molar-refractivity contribution in [2.75, 3.05) is 20.8 Å². The highest BCUT2D eigenvalue weighted by molar-refractivity contribution is 5.89. The molecular weight excluding hydrogens is 809 g/mol. The maximum Gasteiger partial charge on any atom is 0.407 e. The monoisotopic (exact) mass is 868 g/mol. The predicted octanol–water partition coefficient (Wildman–Crippen LogP) is 9.13. The summed E-state index contributed by atoms with van der Waals surface area (Å²) >= 11 is 0. The zero-order valence-electron chi connectivity index (χ0n) is 37.9. The largest absolute Gasteiger partial charge is 0.453 e. The van der Waals surface area contributed by atoms with E-state index in [1.165, 1.54) is 61.3 Å². The average molecular weight is 869 g/mol. The molecule has 4 aliphatic rings. The molecule has 2 aliphatic heterocycles. The minimum Gasteiger partial charge on any atom is -0.453 e. The number of hydrogen-bond acceptors (Lipinski definition) is 8. The highest BCUT2D eigenvalue weighted by atomic mass is 16.5. The molecule has 2 bridgehead atoms. The van der Waals surface area contributed by atoms with Crippen LogP contribution in [-0.4, -0.2) is 92.6 Å². The van der Waals surface area contributed by atoms with E-state index in [0.29, 0.717) is 24.3 Å². The van der Waals surface area contributed by atoms with Crippen LogP contribution in [0.15, 0.2) is 60.8 Å². The van der Waals surface area contributed by atoms with Gasteiger partial charge in [-0.2, -0.15) is 0 Å². The summed E-state index contributed by atoms with van der Waals surface area (Å²) in [6, 6.07) is 18.0. The van der Waals surface area contributed by atoms with E-state index in [2.05, 4.69) is 89.0 Å². The number of benzene rings is 3. The van der Waals surface area contributed by atoms with Gasteiger partial charge in [-0.25, -0.2) is 19.6 Å². The summed E-state index contributed by atoms with van der Waals surface area (Å²) in [5.74, 6) is 2.46. The molecule has 2 unspecified atom stereocenters. The number of rotatable bonds is 11. The molecule has 5 aromatic rings. The first-order valence-corrected chi connectivity index (χ1v) is 23.0. The van der Waals surface area contributed by atoms with Crippen molar-refractivity contribution in [3.05, 3.63) is 83.6 Å². The number of methoxy groups -OCH3 is 2. The fraction of sp³-hybridized carbons (Fsp3) is 0.480. The number of imidazole rings is 2. The van der Waals surface area contributed by atoms with E-state index in [1.807, 2.05) is 29.8 Å². The first-order chi connectivity index (χ1) is 30.9. The number of nitrogens with zero attached hydrogens (tertiary/aromatic N) is 4. The van der Waals surface area contributed by atoms with Gasteiger partial charge in [0, 0.05) is 12.6 Å². The predicted molar refractivity (Wildman–Crippen MR) is 244 cm³/mol. The second-order valence-electron chi connectivity index (χ2n) is 18.8. The lowest BCUT2D eigenvalue weighted by molar-refractivity contribution is -0.138. The molecule has 0 radical (unpaired) electrons. The summed E-state index contributed by atoms with van der Waals surface area (Å²) in [7, 11) is 2.60. The van der Waals surface area contributed by atoms with Crippen molar-refractivity contribution in [2.45, 2.75) is 122 Å². The number of likely N-dealkylation sites (tertiary alicyclic amines) is 2. The van der Waals surface area contributed by atoms with Crippen LogP contribution in [0.25, 0.3) is 44.5 Å². The van der Waals surface area contributed by atoms with Gasteiger partial charge in [0.25, 0.3) is 0 Å². The Morgan fingerprint density at radius 2 is 1.42 bits per heavy atom. The Kier molecular flexibility index (Phi) is 11.7. The molecule has 9 rings (SSSR count). The van der Waals surface area contributed by atoms with Crippen LogP contribution in [0.1, 0.15) is 126 Å². The van der Waals surface area contributed by atoms with Crippen LogP contribution in [-0.2, 0) is 19.1 Å². The molecule has 3 aromatic carbocycles. The van der Waals surface area contributed by atoms with Crippen LogP contribution in [0, 0.1) is 11.8 Å². The summed E-state index contributed by atoms with van der Waals surface area (Å²) in [5.41, 5.74) is 11.5. The Balaban J connectivity index is 0.965. The number of aromatic amines is 2. The molecule has 8 atom stereocenters. The molecule has 4 N–H and O–H groups in total. The van der Waals surface area contributed by atoms with E-state index in [4.69, 9.17) is 19.4 Å². The normalized spacial score (nSPS) is 23.4. The second-order valence-corrected chi connectivity index (χ2v) is 18.8. The first kappa shape index (κ1) is 43.1. The lowest BCUT2D eigenvalue weighted by Gasteiger charge is -2.33. The molecule has 2 aliphatic carbocycles. The molecule has 336 valence electrons. The third-order valence-electron chi connectivity index (χ3n) is 14.4. The van der Waals surface area contributed by atoms with Gasteiger partial charge < -0.3 is 39.9 Å². The molecule has 14 nitrogen and oxygen atoms in total. The number of H-pyrrole nitrogens is 2. The van der Waals surface area contributed by atoms with E-state index < -0.39 is 24.3 Å². The van der Waals surface area contributed by atoms with Crippen LogP contribution in [0.5, 0.6) is 0 Å². The van der Waals surface area contributed by atoms with Gasteiger partial charge in [-0.1, -0.05) is 70.2 Å². The number of aromatic nitrogens is 4. The van der Waals surface area contributed by atoms with Crippen LogP contribution >= 0.6 is 0 Å². The van der Waals surface area contributed by atoms with E-state index in [-0.39, 0.29) is 35.9 Å². The number of nitrogens with one attached hydrogen (secondary N) is 4. The number of ether oxygens (including phenoxy) is 2. The fourth-order valence-corrected chi connectivity index (χ4v) is 11.2. The van der Waals surface area contributed by atoms with Crippen molar-refractivity contribution in [2.24, 2.45) is 11.8 Å². The van der Waals surface area contributed by atoms with Crippen molar-refractivity contribution in [1.82, 2.24) is 40.4 Å². The van der Waals surface area contributed by atoms with Crippen molar-refractivity contribution in [3.8, 4) is 33.5 Å². The van der Waals surface area contributed by atoms with Crippen molar-refractivity contribution in [1.29, 1.82) is 0 Å². The van der Waals surface area contributed by atoms with E-state index in [9.17, 15) is 19.2 Å². The maximum atomic E-state index is 14.1. The van der Waals surface area contributed by atoms with Gasteiger partial charge in [-0.15, -0.1) is 0 Å². The number of carbonyl (C=O) groups excluding carboxylic acids is 4. The van der Waals surface area contributed by atoms with Crippen LogP contribution < -0.4 is 10.6 Å². The third-order valence-corrected chi connectivity index (χ3v) is 14.4. The number of carbonyl (C=O) groups is 4. The standard InChI is InChI=1S/C50H60N8O6/c1-8-34-16-20-40(58(34)48(60)44(26(2)3)56-50(62)64-7)46-53-37-19-15-31(23-38(37)54-46)36-18-17-35(42-32-13-14-33(22-32)43(36)42)29-9-11-30(12-10-29)39-24-51-45(55-39)41-21-27(4)25-57(41)47(59)28(5)52-49(61)63-6/h9-12,15,17-19,23-24,26-28,32-34,40-41,44H,8,13-14,16,20-22,25H2,1-7H3,(H,51,55)(H,52,61)(H,53,54)(H,56,62)/t27-,28-,32?,33?,34-,40-,41-,44-/m0/s1. The summed E-state index contributed by atoms with van der Waals surface area (Å²) in [6.45, 7) is 10.4. The van der Waals surface area contributed by atoms with Gasteiger partial charge in [0.1, 0.15) is 23.7 Å². The molecule has 2 saturated heterocycles. The first-order valence-electron chi connectivity index (χ1n) is 23.0. The zero-order valence-corrected chi connectivity index (χ0v) is 37.9. The zero-order chi connectivity index (χ0) is 45.0. The summed E-state index contributed by atoms with van der Waals surface area (Å²) in [5, 5.41) is 5.38. The minimum absolute atomic E-state index is 0.0533. The second kappa shape index (κ2) is 17.4. The Hall–Kier alpha value is -6.18. The van der Waals surface area contributed by atoms with Gasteiger partial charge in [0.05, 0.1) is 49.2 Å². The summed E-state index contributed by atoms with van der Waals surface area (Å²) in [4.78, 5) is 72.3. The summed E-state index contributed by atoms with van der Waals surface area (Å²) in [6.07, 6.45) is 7.43. The number of alkyl carbamates (subject to hydrolysis) is 2. The van der Waals surface area contributed by atoms with Crippen LogP contribution in [0.3, 0.4) is 0 Å². The van der Waals surface area contributed by atoms with Crippen molar-refractivity contribution >= 4 is 35.0 Å². The van der Waals surface area contributed by atoms with Crippen LogP contribution in [0.2, 0.25) is 0 Å². The fourth-order valence-electron chi connectivity index (χ4n) is 11.2. The lowest BCUT2D eigenvalue weighted by Crippen LogP contribution is -2.53. The lowest BCUT2D eigenvalue weighted by atomic mass is 9.81. The molecule has 4 amide bonds. The molecule has 64 heavy (non-hydrogen) atoms. The smallest absolute Gasteiger partial charge is 0.407 e. The number of amides is 4. The Morgan fingerprint density at radius 3 is 2.09 bits per heavy atom. The third kappa shape index (κ3) is 7.78. The van der Waals surface area contributed by atoms with Crippen molar-refractivity contribution < 1.29 is 28.7 Å². The molecule has 1 saturated carbocycles. The minimum atomic E-state index is -0.716. The SMILES string of the molecule is CC[C@H]1CC[C@@H](c2nc3ccc(-c4ccc(-c5ccc(-c6cnc([C@@H]7C[C@H](C)CN7C(=O)[C@H](C)NC(=O)OC)[nH]6)cc5)c5c4C4CCC5C4)cc3[nH]2)N1C(=O)[C@@H](NC(=O)OC)C(C)C. The molecular formula is C50H60N8O6. The van der Waals surface area contributed by atoms with Gasteiger partial charge in [0.2, 0.25) is 11.8 Å². The Morgan fingerprint density at radius 1 is 0.766 bits per heavy atom. The molecule has 2 aromatic heterocycles. The quantitative estimate of drug-likeness (QED) is 0.102. The van der Waals surface area contributed by atoms with Gasteiger partial charge in [0.15, 0.2) is 0 Å². The maximum absolute atomic E-state index is 14.1. The van der Waals surface area contributed by atoms with E-state index >= 15 is 0 Å². The molecule has 0 spiro atoms.